The fraction of sp³-hybridized carbons (Fsp3) is 0.179. The summed E-state index contributed by atoms with van der Waals surface area (Å²) in [5.74, 6) is -1.25. The van der Waals surface area contributed by atoms with Crippen LogP contribution < -0.4 is 10.2 Å². The van der Waals surface area contributed by atoms with Crippen molar-refractivity contribution in [3.8, 4) is 5.69 Å². The maximum atomic E-state index is 14.1. The van der Waals surface area contributed by atoms with Crippen molar-refractivity contribution in [1.82, 2.24) is 14.9 Å². The number of thiocarbonyl (C=S) groups is 1. The zero-order valence-electron chi connectivity index (χ0n) is 20.1. The fourth-order valence-corrected chi connectivity index (χ4v) is 5.34. The molecule has 3 heterocycles. The van der Waals surface area contributed by atoms with Crippen LogP contribution in [0.5, 0.6) is 0 Å². The van der Waals surface area contributed by atoms with E-state index in [9.17, 15) is 14.3 Å². The van der Waals surface area contributed by atoms with E-state index in [1.165, 1.54) is 6.07 Å². The lowest BCUT2D eigenvalue weighted by atomic mass is 9.96. The van der Waals surface area contributed by atoms with E-state index in [4.69, 9.17) is 12.2 Å². The molecule has 4 aromatic rings. The summed E-state index contributed by atoms with van der Waals surface area (Å²) in [7, 11) is 0. The number of benzene rings is 2. The average molecular weight is 501 g/mol. The third kappa shape index (κ3) is 4.03. The number of carbonyl (C=O) groups is 1. The van der Waals surface area contributed by atoms with E-state index in [1.807, 2.05) is 47.6 Å². The van der Waals surface area contributed by atoms with Gasteiger partial charge in [-0.3, -0.25) is 4.98 Å². The average Bonchev–Trinajstić information content (AvgIpc) is 3.36. The Morgan fingerprint density at radius 3 is 2.53 bits per heavy atom. The Kier molecular flexibility index (Phi) is 6.05. The van der Waals surface area contributed by atoms with Gasteiger partial charge in [0.25, 0.3) is 0 Å². The van der Waals surface area contributed by atoms with Crippen LogP contribution in [-0.4, -0.2) is 25.7 Å². The van der Waals surface area contributed by atoms with Gasteiger partial charge < -0.3 is 19.9 Å². The van der Waals surface area contributed by atoms with Crippen LogP contribution in [0.25, 0.3) is 5.69 Å². The molecule has 0 spiro atoms. The summed E-state index contributed by atoms with van der Waals surface area (Å²) in [5, 5.41) is 13.5. The van der Waals surface area contributed by atoms with Crippen molar-refractivity contribution in [2.45, 2.75) is 32.9 Å². The molecule has 0 unspecified atom stereocenters. The third-order valence-electron chi connectivity index (χ3n) is 6.66. The molecule has 2 atom stereocenters. The molecular weight excluding hydrogens is 475 g/mol. The lowest BCUT2D eigenvalue weighted by Crippen LogP contribution is -2.29. The van der Waals surface area contributed by atoms with Gasteiger partial charge in [0.15, 0.2) is 5.11 Å². The summed E-state index contributed by atoms with van der Waals surface area (Å²) < 4.78 is 16.2. The predicted molar refractivity (Wildman–Crippen MR) is 141 cm³/mol. The Morgan fingerprint density at radius 1 is 1.03 bits per heavy atom. The molecule has 6 nitrogen and oxygen atoms in total. The van der Waals surface area contributed by atoms with Gasteiger partial charge in [0, 0.05) is 29.0 Å². The molecule has 0 bridgehead atoms. The Hall–Kier alpha value is -4.04. The predicted octanol–water partition coefficient (Wildman–Crippen LogP) is 5.81. The van der Waals surface area contributed by atoms with E-state index in [0.717, 1.165) is 34.0 Å². The number of pyridine rings is 1. The van der Waals surface area contributed by atoms with Crippen LogP contribution >= 0.6 is 12.2 Å². The lowest BCUT2D eigenvalue weighted by Gasteiger charge is -2.28. The van der Waals surface area contributed by atoms with E-state index in [-0.39, 0.29) is 23.5 Å². The molecular formula is C28H25FN4O2S. The molecule has 0 radical (unpaired) electrons. The third-order valence-corrected chi connectivity index (χ3v) is 6.97. The molecule has 2 aromatic heterocycles. The molecule has 1 fully saturated rings. The second-order valence-corrected chi connectivity index (χ2v) is 9.33. The number of rotatable bonds is 5. The first-order chi connectivity index (χ1) is 17.3. The minimum Gasteiger partial charge on any atom is -0.478 e. The fourth-order valence-electron chi connectivity index (χ4n) is 4.99. The van der Waals surface area contributed by atoms with Crippen LogP contribution in [0.15, 0.2) is 72.9 Å². The minimum absolute atomic E-state index is 0.222. The molecule has 8 heteroatoms. The number of hydrogen-bond donors (Lipinski definition) is 2. The topological polar surface area (TPSA) is 70.4 Å². The molecule has 0 saturated carbocycles. The molecule has 0 aliphatic carbocycles. The van der Waals surface area contributed by atoms with E-state index in [2.05, 4.69) is 16.4 Å². The number of hydrogen-bond acceptors (Lipinski definition) is 3. The molecule has 2 aromatic carbocycles. The van der Waals surface area contributed by atoms with Gasteiger partial charge in [-0.05, 0) is 98.7 Å². The summed E-state index contributed by atoms with van der Waals surface area (Å²) >= 11 is 5.80. The van der Waals surface area contributed by atoms with Crippen molar-refractivity contribution in [3.05, 3.63) is 113 Å². The van der Waals surface area contributed by atoms with E-state index in [0.29, 0.717) is 10.7 Å². The Morgan fingerprint density at radius 2 is 1.83 bits per heavy atom. The molecule has 1 aliphatic rings. The quantitative estimate of drug-likeness (QED) is 0.337. The van der Waals surface area contributed by atoms with Gasteiger partial charge in [-0.2, -0.15) is 0 Å². The lowest BCUT2D eigenvalue weighted by molar-refractivity contribution is 0.0697. The maximum absolute atomic E-state index is 14.1. The summed E-state index contributed by atoms with van der Waals surface area (Å²) in [6.07, 6.45) is 1.75. The van der Waals surface area contributed by atoms with Gasteiger partial charge in [-0.15, -0.1) is 0 Å². The van der Waals surface area contributed by atoms with Gasteiger partial charge in [0.05, 0.1) is 23.3 Å². The highest BCUT2D eigenvalue weighted by atomic mass is 32.1. The highest BCUT2D eigenvalue weighted by molar-refractivity contribution is 7.80. The van der Waals surface area contributed by atoms with E-state index in [1.54, 1.807) is 43.5 Å². The summed E-state index contributed by atoms with van der Waals surface area (Å²) in [4.78, 5) is 18.2. The molecule has 1 saturated heterocycles. The number of nitrogens with one attached hydrogen (secondary N) is 1. The Bertz CT molecular complexity index is 1480. The van der Waals surface area contributed by atoms with Gasteiger partial charge in [-0.1, -0.05) is 12.1 Å². The van der Waals surface area contributed by atoms with Crippen LogP contribution in [0.3, 0.4) is 0 Å². The first kappa shape index (κ1) is 23.7. The van der Waals surface area contributed by atoms with E-state index >= 15 is 0 Å². The molecule has 1 aliphatic heterocycles. The maximum Gasteiger partial charge on any atom is 0.335 e. The van der Waals surface area contributed by atoms with Gasteiger partial charge in [-0.25, -0.2) is 9.18 Å². The number of aromatic nitrogens is 2. The van der Waals surface area contributed by atoms with Crippen molar-refractivity contribution in [2.24, 2.45) is 0 Å². The molecule has 182 valence electrons. The molecule has 2 N–H and O–H groups in total. The number of aryl methyl sites for hydroxylation is 2. The van der Waals surface area contributed by atoms with Crippen molar-refractivity contribution in [1.29, 1.82) is 0 Å². The summed E-state index contributed by atoms with van der Waals surface area (Å²) in [6.45, 7) is 5.74. The van der Waals surface area contributed by atoms with E-state index < -0.39 is 5.97 Å². The number of carboxylic acids is 1. The minimum atomic E-state index is -0.974. The Labute approximate surface area is 214 Å². The van der Waals surface area contributed by atoms with Crippen LogP contribution in [0.4, 0.5) is 10.1 Å². The van der Waals surface area contributed by atoms with Crippen LogP contribution in [0, 0.1) is 26.6 Å². The zero-order chi connectivity index (χ0) is 25.6. The monoisotopic (exact) mass is 500 g/mol. The highest BCUT2D eigenvalue weighted by Gasteiger charge is 2.42. The first-order valence-electron chi connectivity index (χ1n) is 11.6. The first-order valence-corrected chi connectivity index (χ1v) is 12.0. The van der Waals surface area contributed by atoms with Crippen LogP contribution in [0.1, 0.15) is 50.7 Å². The second kappa shape index (κ2) is 9.20. The number of nitrogens with zero attached hydrogens (tertiary/aromatic N) is 3. The summed E-state index contributed by atoms with van der Waals surface area (Å²) in [5.41, 5.74) is 6.07. The van der Waals surface area contributed by atoms with Gasteiger partial charge in [0.1, 0.15) is 5.82 Å². The second-order valence-electron chi connectivity index (χ2n) is 8.95. The van der Waals surface area contributed by atoms with Crippen molar-refractivity contribution < 1.29 is 14.3 Å². The van der Waals surface area contributed by atoms with Gasteiger partial charge >= 0.3 is 5.97 Å². The number of anilines is 1. The Balaban J connectivity index is 1.68. The van der Waals surface area contributed by atoms with Crippen molar-refractivity contribution >= 4 is 29.0 Å². The number of halogens is 1. The summed E-state index contributed by atoms with van der Waals surface area (Å²) in [6, 6.07) is 19.2. The smallest absolute Gasteiger partial charge is 0.335 e. The normalized spacial score (nSPS) is 17.3. The standard InChI is InChI=1S/C28H25FN4O2S/c1-16-13-21(10-11-23(16)29)33-26(25(31-28(33)36)24-9-4-5-12-30-24)22-14-17(2)32(18(22)3)20-8-6-7-19(15-20)27(34)35/h4-15,25-26H,1-3H3,(H,31,36)(H,34,35)/t25-,26-/m0/s1. The SMILES string of the molecule is Cc1cc(N2C(=S)N[C@@H](c3ccccn3)[C@@H]2c2cc(C)n(-c3cccc(C(=O)O)c3)c2C)ccc1F. The number of carboxylic acid groups (broad SMARTS) is 1. The van der Waals surface area contributed by atoms with Gasteiger partial charge in [0.2, 0.25) is 0 Å². The largest absolute Gasteiger partial charge is 0.478 e. The van der Waals surface area contributed by atoms with Crippen LogP contribution in [0.2, 0.25) is 0 Å². The van der Waals surface area contributed by atoms with Crippen molar-refractivity contribution in [3.63, 3.8) is 0 Å². The molecule has 5 rings (SSSR count). The number of aromatic carboxylic acids is 1. The zero-order valence-corrected chi connectivity index (χ0v) is 20.9. The highest BCUT2D eigenvalue weighted by Crippen LogP contribution is 2.44. The molecule has 0 amide bonds. The van der Waals surface area contributed by atoms with Crippen LogP contribution in [-0.2, 0) is 0 Å². The molecule has 36 heavy (non-hydrogen) atoms. The van der Waals surface area contributed by atoms with Crippen molar-refractivity contribution in [2.75, 3.05) is 4.90 Å².